The van der Waals surface area contributed by atoms with Crippen LogP contribution in [0.25, 0.3) is 10.9 Å². The third kappa shape index (κ3) is 4.47. The van der Waals surface area contributed by atoms with Gasteiger partial charge in [0.1, 0.15) is 11.6 Å². The fourth-order valence-corrected chi connectivity index (χ4v) is 6.44. The minimum Gasteiger partial charge on any atom is -0.497 e. The lowest BCUT2D eigenvalue weighted by atomic mass is 9.45. The minimum atomic E-state index is -0.347. The molecule has 6 nitrogen and oxygen atoms in total. The zero-order valence-electron chi connectivity index (χ0n) is 21.2. The third-order valence-corrected chi connectivity index (χ3v) is 8.86. The van der Waals surface area contributed by atoms with E-state index in [-0.39, 0.29) is 11.4 Å². The van der Waals surface area contributed by atoms with Gasteiger partial charge >= 0.3 is 0 Å². The molecule has 3 fully saturated rings. The highest BCUT2D eigenvalue weighted by Crippen LogP contribution is 2.61. The Labute approximate surface area is 216 Å². The lowest BCUT2D eigenvalue weighted by molar-refractivity contribution is -0.111. The molecular formula is C28H33FN4O2S. The lowest BCUT2D eigenvalue weighted by Gasteiger charge is -2.62. The molecule has 0 aliphatic heterocycles. The molecule has 2 N–H and O–H groups in total. The van der Waals surface area contributed by atoms with Gasteiger partial charge in [0.2, 0.25) is 0 Å². The Kier molecular flexibility index (Phi) is 6.49. The molecule has 190 valence electrons. The summed E-state index contributed by atoms with van der Waals surface area (Å²) in [6.45, 7) is 7.44. The number of hydrogen-bond donors (Lipinski definition) is 2. The first-order chi connectivity index (χ1) is 17.2. The van der Waals surface area contributed by atoms with Gasteiger partial charge < -0.3 is 15.4 Å². The number of hydrogen-bond acceptors (Lipinski definition) is 4. The van der Waals surface area contributed by atoms with E-state index in [2.05, 4.69) is 36.4 Å². The number of ether oxygens (including phenoxy) is 1. The molecule has 6 rings (SSSR count). The van der Waals surface area contributed by atoms with Crippen molar-refractivity contribution < 1.29 is 9.13 Å². The number of aromatic nitrogens is 2. The Balaban J connectivity index is 1.24. The Morgan fingerprint density at radius 2 is 2.06 bits per heavy atom. The summed E-state index contributed by atoms with van der Waals surface area (Å²) >= 11 is 5.61. The highest BCUT2D eigenvalue weighted by atomic mass is 32.1. The number of nitrogens with zero attached hydrogens (tertiary/aromatic N) is 2. The average Bonchev–Trinajstić information content (AvgIpc) is 2.85. The molecule has 4 atom stereocenters. The van der Waals surface area contributed by atoms with E-state index in [1.807, 2.05) is 12.1 Å². The van der Waals surface area contributed by atoms with E-state index < -0.39 is 0 Å². The number of thiocarbonyl (C=S) groups is 1. The molecule has 1 heterocycles. The van der Waals surface area contributed by atoms with Crippen molar-refractivity contribution in [3.8, 4) is 5.75 Å². The summed E-state index contributed by atoms with van der Waals surface area (Å²) in [5, 5.41) is 7.90. The Morgan fingerprint density at radius 3 is 2.75 bits per heavy atom. The molecule has 2 aromatic carbocycles. The van der Waals surface area contributed by atoms with Crippen LogP contribution in [0.4, 0.5) is 10.1 Å². The van der Waals surface area contributed by atoms with Crippen molar-refractivity contribution in [1.82, 2.24) is 14.9 Å². The van der Waals surface area contributed by atoms with Crippen LogP contribution in [-0.4, -0.2) is 27.8 Å². The Morgan fingerprint density at radius 1 is 1.25 bits per heavy atom. The van der Waals surface area contributed by atoms with Crippen LogP contribution in [0.3, 0.4) is 0 Å². The highest BCUT2D eigenvalue weighted by molar-refractivity contribution is 7.80. The van der Waals surface area contributed by atoms with Crippen molar-refractivity contribution in [2.45, 2.75) is 52.6 Å². The Hall–Kier alpha value is -3.00. The van der Waals surface area contributed by atoms with Crippen molar-refractivity contribution in [3.63, 3.8) is 0 Å². The summed E-state index contributed by atoms with van der Waals surface area (Å²) in [6.07, 6.45) is 4.37. The second kappa shape index (κ2) is 9.47. The van der Waals surface area contributed by atoms with E-state index >= 15 is 0 Å². The van der Waals surface area contributed by atoms with Gasteiger partial charge in [-0.25, -0.2) is 9.37 Å². The van der Waals surface area contributed by atoms with E-state index in [4.69, 9.17) is 17.0 Å². The molecular weight excluding hydrogens is 475 g/mol. The fourth-order valence-electron chi connectivity index (χ4n) is 6.17. The van der Waals surface area contributed by atoms with E-state index in [9.17, 15) is 9.18 Å². The van der Waals surface area contributed by atoms with E-state index in [0.717, 1.165) is 23.9 Å². The van der Waals surface area contributed by atoms with Crippen molar-refractivity contribution in [3.05, 3.63) is 64.5 Å². The summed E-state index contributed by atoms with van der Waals surface area (Å²) in [5.41, 5.74) is 2.19. The molecule has 8 heteroatoms. The number of halogens is 1. The topological polar surface area (TPSA) is 68.2 Å². The standard InChI is InChI=1S/C28H33FN4O2S/c1-16-22-11-18(28(22,2)3)12-24(16)32-27(36)31-19-6-8-21-25(13-19)30-15-33(26(21)34)10-9-17-5-7-20(35-4)14-23(17)29/h5-8,13-16,18,22,24H,9-12H2,1-4H3,(H2,31,32,36)/t16-,18+,22-,24-/m0/s1. The van der Waals surface area contributed by atoms with Crippen LogP contribution in [0.1, 0.15) is 39.2 Å². The maximum absolute atomic E-state index is 14.3. The maximum atomic E-state index is 14.3. The first kappa shape index (κ1) is 24.7. The normalized spacial score (nSPS) is 24.1. The maximum Gasteiger partial charge on any atom is 0.261 e. The highest BCUT2D eigenvalue weighted by Gasteiger charge is 2.56. The second-order valence-electron chi connectivity index (χ2n) is 10.8. The van der Waals surface area contributed by atoms with Crippen LogP contribution in [0.15, 0.2) is 47.5 Å². The molecule has 2 bridgehead atoms. The summed E-state index contributed by atoms with van der Waals surface area (Å²) in [7, 11) is 1.50. The van der Waals surface area contributed by atoms with Crippen molar-refractivity contribution >= 4 is 33.9 Å². The van der Waals surface area contributed by atoms with Crippen LogP contribution in [0.5, 0.6) is 5.75 Å². The van der Waals surface area contributed by atoms with Gasteiger partial charge in [0.15, 0.2) is 5.11 Å². The van der Waals surface area contributed by atoms with E-state index in [0.29, 0.717) is 57.7 Å². The smallest absolute Gasteiger partial charge is 0.261 e. The van der Waals surface area contributed by atoms with Gasteiger partial charge in [0.05, 0.1) is 24.3 Å². The van der Waals surface area contributed by atoms with E-state index in [1.165, 1.54) is 30.5 Å². The van der Waals surface area contributed by atoms with Gasteiger partial charge in [-0.2, -0.15) is 0 Å². The Bertz CT molecular complexity index is 1370. The number of methoxy groups -OCH3 is 1. The van der Waals surface area contributed by atoms with Crippen LogP contribution in [-0.2, 0) is 13.0 Å². The molecule has 0 unspecified atom stereocenters. The first-order valence-electron chi connectivity index (χ1n) is 12.6. The number of rotatable bonds is 6. The van der Waals surface area contributed by atoms with Gasteiger partial charge in [-0.1, -0.05) is 26.8 Å². The summed E-state index contributed by atoms with van der Waals surface area (Å²) in [6, 6.07) is 10.6. The van der Waals surface area contributed by atoms with Gasteiger partial charge in [0.25, 0.3) is 5.56 Å². The number of nitrogens with one attached hydrogen (secondary N) is 2. The van der Waals surface area contributed by atoms with Crippen LogP contribution in [0.2, 0.25) is 0 Å². The SMILES string of the molecule is COc1ccc(CCn2cnc3cc(NC(=S)N[C@H]4C[C@H]5C[C@@H]([C@@H]4C)C5(C)C)ccc3c2=O)c(F)c1. The molecule has 0 spiro atoms. The van der Waals surface area contributed by atoms with E-state index in [1.54, 1.807) is 18.2 Å². The second-order valence-corrected chi connectivity index (χ2v) is 11.3. The summed E-state index contributed by atoms with van der Waals surface area (Å²) in [5.74, 6) is 2.19. The molecule has 3 aliphatic carbocycles. The average molecular weight is 509 g/mol. The van der Waals surface area contributed by atoms with Gasteiger partial charge in [-0.05, 0) is 84.5 Å². The number of anilines is 1. The molecule has 1 aromatic heterocycles. The van der Waals surface area contributed by atoms with Crippen molar-refractivity contribution in [2.24, 2.45) is 23.2 Å². The lowest BCUT2D eigenvalue weighted by Crippen LogP contribution is -2.61. The minimum absolute atomic E-state index is 0.154. The van der Waals surface area contributed by atoms with Crippen LogP contribution in [0, 0.1) is 29.0 Å². The molecule has 0 amide bonds. The monoisotopic (exact) mass is 508 g/mol. The predicted molar refractivity (Wildman–Crippen MR) is 145 cm³/mol. The molecule has 3 aliphatic rings. The van der Waals surface area contributed by atoms with Gasteiger partial charge in [0, 0.05) is 24.3 Å². The van der Waals surface area contributed by atoms with Gasteiger partial charge in [-0.15, -0.1) is 0 Å². The summed E-state index contributed by atoms with van der Waals surface area (Å²) < 4.78 is 20.8. The fraction of sp³-hybridized carbons (Fsp3) is 0.464. The number of fused-ring (bicyclic) bond motifs is 3. The zero-order chi connectivity index (χ0) is 25.6. The molecule has 36 heavy (non-hydrogen) atoms. The predicted octanol–water partition coefficient (Wildman–Crippen LogP) is 5.14. The van der Waals surface area contributed by atoms with Gasteiger partial charge in [-0.3, -0.25) is 9.36 Å². The molecule has 0 saturated heterocycles. The van der Waals surface area contributed by atoms with Crippen LogP contribution >= 0.6 is 12.2 Å². The van der Waals surface area contributed by atoms with Crippen LogP contribution < -0.4 is 20.9 Å². The number of benzene rings is 2. The molecule has 3 saturated carbocycles. The third-order valence-electron chi connectivity index (χ3n) is 8.64. The first-order valence-corrected chi connectivity index (χ1v) is 13.0. The van der Waals surface area contributed by atoms with Crippen molar-refractivity contribution in [2.75, 3.05) is 12.4 Å². The molecule has 3 aromatic rings. The molecule has 0 radical (unpaired) electrons. The largest absolute Gasteiger partial charge is 0.497 e. The quantitative estimate of drug-likeness (QED) is 0.449. The number of aryl methyl sites for hydroxylation is 2. The van der Waals surface area contributed by atoms with Crippen molar-refractivity contribution in [1.29, 1.82) is 0 Å². The summed E-state index contributed by atoms with van der Waals surface area (Å²) in [4.78, 5) is 17.5. The zero-order valence-corrected chi connectivity index (χ0v) is 22.0.